The zero-order valence-corrected chi connectivity index (χ0v) is 16.3. The van der Waals surface area contributed by atoms with Gasteiger partial charge in [-0.05, 0) is 24.6 Å². The van der Waals surface area contributed by atoms with Crippen molar-refractivity contribution in [3.05, 3.63) is 68.3 Å². The second-order valence-electron chi connectivity index (χ2n) is 6.74. The van der Waals surface area contributed by atoms with E-state index in [1.165, 1.54) is 10.6 Å². The van der Waals surface area contributed by atoms with Gasteiger partial charge in [-0.25, -0.2) is 9.80 Å². The predicted octanol–water partition coefficient (Wildman–Crippen LogP) is 2.13. The first-order valence-electron chi connectivity index (χ1n) is 8.77. The molecule has 0 unspecified atom stereocenters. The highest BCUT2D eigenvalue weighted by atomic mass is 35.5. The van der Waals surface area contributed by atoms with Crippen LogP contribution in [0.5, 0.6) is 0 Å². The Bertz CT molecular complexity index is 1250. The zero-order chi connectivity index (χ0) is 20.0. The average Bonchev–Trinajstić information content (AvgIpc) is 3.03. The number of aromatic nitrogens is 4. The second-order valence-corrected chi connectivity index (χ2v) is 7.18. The van der Waals surface area contributed by atoms with E-state index in [1.54, 1.807) is 12.1 Å². The minimum Gasteiger partial charge on any atom is -0.297 e. The van der Waals surface area contributed by atoms with Crippen LogP contribution in [-0.2, 0) is 26.7 Å². The molecule has 8 nitrogen and oxygen atoms in total. The molecule has 9 heteroatoms. The summed E-state index contributed by atoms with van der Waals surface area (Å²) in [5.74, 6) is 0.518. The standard InChI is InChI=1S/C19H19ClN6O2/c1-4-8-24-17(27)15-16(23(3)19(24)28)21-18-25(15)10-12(2)22-26(18)11-13-6-5-7-14(20)9-13/h4-7,9H,1,8,10-11H2,2-3H3. The van der Waals surface area contributed by atoms with E-state index in [4.69, 9.17) is 11.6 Å². The Morgan fingerprint density at radius 2 is 2.11 bits per heavy atom. The van der Waals surface area contributed by atoms with Crippen molar-refractivity contribution in [3.63, 3.8) is 0 Å². The van der Waals surface area contributed by atoms with Crippen LogP contribution in [0, 0.1) is 0 Å². The van der Waals surface area contributed by atoms with Crippen molar-refractivity contribution >= 4 is 34.4 Å². The molecule has 1 aromatic carbocycles. The Morgan fingerprint density at radius 1 is 1.32 bits per heavy atom. The lowest BCUT2D eigenvalue weighted by molar-refractivity contribution is 0.663. The average molecular weight is 399 g/mol. The number of anilines is 1. The molecule has 0 saturated heterocycles. The number of nitrogens with zero attached hydrogens (tertiary/aromatic N) is 6. The third-order valence-electron chi connectivity index (χ3n) is 4.65. The number of fused-ring (bicyclic) bond motifs is 3. The smallest absolute Gasteiger partial charge is 0.297 e. The van der Waals surface area contributed by atoms with Crippen molar-refractivity contribution in [2.24, 2.45) is 12.1 Å². The minimum absolute atomic E-state index is 0.140. The molecule has 3 heterocycles. The molecule has 0 bridgehead atoms. The van der Waals surface area contributed by atoms with E-state index in [2.05, 4.69) is 16.7 Å². The highest BCUT2D eigenvalue weighted by Gasteiger charge is 2.26. The van der Waals surface area contributed by atoms with E-state index in [-0.39, 0.29) is 12.1 Å². The Hall–Kier alpha value is -3.13. The number of imidazole rings is 1. The number of benzene rings is 1. The second kappa shape index (κ2) is 6.79. The Labute approximate surface area is 165 Å². The topological polar surface area (TPSA) is 77.4 Å². The maximum atomic E-state index is 13.0. The largest absolute Gasteiger partial charge is 0.332 e. The summed E-state index contributed by atoms with van der Waals surface area (Å²) in [6.07, 6.45) is 1.53. The van der Waals surface area contributed by atoms with Crippen LogP contribution in [0.3, 0.4) is 0 Å². The van der Waals surface area contributed by atoms with Crippen molar-refractivity contribution in [3.8, 4) is 0 Å². The van der Waals surface area contributed by atoms with Gasteiger partial charge >= 0.3 is 5.69 Å². The third kappa shape index (κ3) is 2.86. The van der Waals surface area contributed by atoms with Crippen molar-refractivity contribution in [2.45, 2.75) is 26.6 Å². The highest BCUT2D eigenvalue weighted by molar-refractivity contribution is 6.30. The lowest BCUT2D eigenvalue weighted by Crippen LogP contribution is -2.39. The van der Waals surface area contributed by atoms with Gasteiger partial charge in [0.05, 0.1) is 18.8 Å². The fourth-order valence-corrected chi connectivity index (χ4v) is 3.64. The zero-order valence-electron chi connectivity index (χ0n) is 15.6. The monoisotopic (exact) mass is 398 g/mol. The van der Waals surface area contributed by atoms with E-state index in [0.29, 0.717) is 35.2 Å². The van der Waals surface area contributed by atoms with E-state index in [0.717, 1.165) is 15.8 Å². The molecule has 1 aliphatic heterocycles. The minimum atomic E-state index is -0.424. The van der Waals surface area contributed by atoms with Gasteiger partial charge in [0.2, 0.25) is 5.95 Å². The molecule has 0 atom stereocenters. The summed E-state index contributed by atoms with van der Waals surface area (Å²) >= 11 is 6.10. The molecular weight excluding hydrogens is 380 g/mol. The van der Waals surface area contributed by atoms with Gasteiger partial charge in [-0.1, -0.05) is 29.8 Å². The van der Waals surface area contributed by atoms with Crippen LogP contribution >= 0.6 is 11.6 Å². The van der Waals surface area contributed by atoms with Crippen LogP contribution in [0.2, 0.25) is 5.02 Å². The summed E-state index contributed by atoms with van der Waals surface area (Å²) in [4.78, 5) is 30.1. The predicted molar refractivity (Wildman–Crippen MR) is 110 cm³/mol. The summed E-state index contributed by atoms with van der Waals surface area (Å²) in [5, 5.41) is 6.96. The molecule has 0 aliphatic carbocycles. The summed E-state index contributed by atoms with van der Waals surface area (Å²) in [5.41, 5.74) is 1.71. The summed E-state index contributed by atoms with van der Waals surface area (Å²) < 4.78 is 4.36. The van der Waals surface area contributed by atoms with Gasteiger partial charge in [-0.2, -0.15) is 10.1 Å². The normalized spacial score (nSPS) is 13.5. The van der Waals surface area contributed by atoms with Crippen LogP contribution in [0.15, 0.2) is 51.6 Å². The highest BCUT2D eigenvalue weighted by Crippen LogP contribution is 2.25. The van der Waals surface area contributed by atoms with Crippen molar-refractivity contribution in [1.82, 2.24) is 18.7 Å². The molecule has 0 radical (unpaired) electrons. The van der Waals surface area contributed by atoms with E-state index in [9.17, 15) is 9.59 Å². The van der Waals surface area contributed by atoms with Gasteiger partial charge in [0.25, 0.3) is 5.56 Å². The van der Waals surface area contributed by atoms with E-state index < -0.39 is 5.69 Å². The maximum Gasteiger partial charge on any atom is 0.332 e. The number of hydrogen-bond donors (Lipinski definition) is 0. The fourth-order valence-electron chi connectivity index (χ4n) is 3.42. The molecule has 2 aromatic heterocycles. The maximum absolute atomic E-state index is 13.0. The van der Waals surface area contributed by atoms with Crippen LogP contribution in [0.1, 0.15) is 12.5 Å². The molecule has 0 saturated carbocycles. The first-order valence-corrected chi connectivity index (χ1v) is 9.15. The summed E-state index contributed by atoms with van der Waals surface area (Å²) in [6.45, 7) is 6.54. The molecular formula is C19H19ClN6O2. The van der Waals surface area contributed by atoms with Gasteiger partial charge in [0, 0.05) is 18.6 Å². The van der Waals surface area contributed by atoms with Gasteiger partial charge < -0.3 is 0 Å². The third-order valence-corrected chi connectivity index (χ3v) is 4.89. The van der Waals surface area contributed by atoms with E-state index in [1.807, 2.05) is 35.8 Å². The van der Waals surface area contributed by atoms with Gasteiger partial charge in [0.15, 0.2) is 11.2 Å². The molecule has 0 fully saturated rings. The van der Waals surface area contributed by atoms with Gasteiger partial charge in [-0.15, -0.1) is 6.58 Å². The van der Waals surface area contributed by atoms with Crippen LogP contribution in [0.4, 0.5) is 5.95 Å². The molecule has 4 rings (SSSR count). The number of hydrogen-bond acceptors (Lipinski definition) is 5. The summed E-state index contributed by atoms with van der Waals surface area (Å²) in [7, 11) is 1.61. The van der Waals surface area contributed by atoms with Crippen LogP contribution in [-0.4, -0.2) is 24.4 Å². The van der Waals surface area contributed by atoms with E-state index >= 15 is 0 Å². The van der Waals surface area contributed by atoms with Crippen molar-refractivity contribution < 1.29 is 0 Å². The number of rotatable bonds is 4. The molecule has 3 aromatic rings. The number of hydrazone groups is 1. The van der Waals surface area contributed by atoms with Crippen LogP contribution < -0.4 is 16.3 Å². The molecule has 144 valence electrons. The Kier molecular flexibility index (Phi) is 4.43. The molecule has 0 spiro atoms. The van der Waals surface area contributed by atoms with Crippen molar-refractivity contribution in [2.75, 3.05) is 5.01 Å². The van der Waals surface area contributed by atoms with Crippen molar-refractivity contribution in [1.29, 1.82) is 0 Å². The molecule has 0 N–H and O–H groups in total. The molecule has 1 aliphatic rings. The van der Waals surface area contributed by atoms with Gasteiger partial charge in [0.1, 0.15) is 0 Å². The fraction of sp³-hybridized carbons (Fsp3) is 0.263. The summed E-state index contributed by atoms with van der Waals surface area (Å²) in [6, 6.07) is 7.49. The van der Waals surface area contributed by atoms with Crippen LogP contribution in [0.25, 0.3) is 11.2 Å². The SMILES string of the molecule is C=CCn1c(=O)c2c(nc3n2CC(C)=NN3Cc2cccc(Cl)c2)n(C)c1=O. The molecule has 0 amide bonds. The lowest BCUT2D eigenvalue weighted by atomic mass is 10.2. The Balaban J connectivity index is 1.92. The van der Waals surface area contributed by atoms with Gasteiger partial charge in [-0.3, -0.25) is 18.5 Å². The number of allylic oxidation sites excluding steroid dienone is 1. The first kappa shape index (κ1) is 18.2. The Morgan fingerprint density at radius 3 is 2.82 bits per heavy atom. The lowest BCUT2D eigenvalue weighted by Gasteiger charge is -2.25. The molecule has 28 heavy (non-hydrogen) atoms. The number of halogens is 1. The first-order chi connectivity index (χ1) is 13.4. The number of aryl methyl sites for hydroxylation is 1. The quantitative estimate of drug-likeness (QED) is 0.631.